The van der Waals surface area contributed by atoms with Crippen molar-refractivity contribution in [3.63, 3.8) is 0 Å². The van der Waals surface area contributed by atoms with Crippen molar-refractivity contribution in [1.29, 1.82) is 0 Å². The first-order valence-corrected chi connectivity index (χ1v) is 8.28. The minimum Gasteiger partial charge on any atom is -0.372 e. The lowest BCUT2D eigenvalue weighted by Crippen LogP contribution is -2.29. The van der Waals surface area contributed by atoms with E-state index in [1.807, 2.05) is 13.8 Å². The summed E-state index contributed by atoms with van der Waals surface area (Å²) in [4.78, 5) is 14.0. The number of carbonyl (C=O) groups excluding carboxylic acids is 1. The molecule has 0 saturated carbocycles. The van der Waals surface area contributed by atoms with Gasteiger partial charge in [0.15, 0.2) is 0 Å². The van der Waals surface area contributed by atoms with E-state index in [0.717, 1.165) is 13.0 Å². The Bertz CT molecular complexity index is 431. The highest BCUT2D eigenvalue weighted by molar-refractivity contribution is 5.77. The van der Waals surface area contributed by atoms with Gasteiger partial charge in [0.1, 0.15) is 0 Å². The van der Waals surface area contributed by atoms with Gasteiger partial charge in [-0.3, -0.25) is 4.79 Å². The Labute approximate surface area is 128 Å². The Morgan fingerprint density at radius 3 is 2.29 bits per heavy atom. The number of hydrogen-bond acceptors (Lipinski definition) is 2. The van der Waals surface area contributed by atoms with Gasteiger partial charge in [0.05, 0.1) is 0 Å². The average molecular weight is 288 g/mol. The fourth-order valence-corrected chi connectivity index (χ4v) is 2.74. The van der Waals surface area contributed by atoms with E-state index < -0.39 is 0 Å². The van der Waals surface area contributed by atoms with E-state index in [1.165, 1.54) is 50.0 Å². The Morgan fingerprint density at radius 2 is 1.71 bits per heavy atom. The minimum absolute atomic E-state index is 0.0652. The summed E-state index contributed by atoms with van der Waals surface area (Å²) in [5, 5.41) is 2.97. The van der Waals surface area contributed by atoms with Gasteiger partial charge in [-0.1, -0.05) is 38.8 Å². The molecule has 116 valence electrons. The number of carbonyl (C=O) groups is 1. The summed E-state index contributed by atoms with van der Waals surface area (Å²) in [5.74, 6) is 0.201. The number of amides is 1. The van der Waals surface area contributed by atoms with Crippen LogP contribution in [0.15, 0.2) is 24.3 Å². The van der Waals surface area contributed by atoms with Gasteiger partial charge in [0.25, 0.3) is 0 Å². The van der Waals surface area contributed by atoms with Crippen molar-refractivity contribution in [2.75, 3.05) is 24.5 Å². The van der Waals surface area contributed by atoms with Gasteiger partial charge in [-0.05, 0) is 37.0 Å². The molecule has 0 unspecified atom stereocenters. The highest BCUT2D eigenvalue weighted by Crippen LogP contribution is 2.20. The molecular weight excluding hydrogens is 260 g/mol. The molecule has 1 saturated heterocycles. The fraction of sp³-hybridized carbons (Fsp3) is 0.611. The van der Waals surface area contributed by atoms with Gasteiger partial charge < -0.3 is 10.2 Å². The van der Waals surface area contributed by atoms with Crippen LogP contribution in [-0.4, -0.2) is 25.5 Å². The third-order valence-electron chi connectivity index (χ3n) is 4.14. The molecule has 1 fully saturated rings. The van der Waals surface area contributed by atoms with Crippen LogP contribution in [0.25, 0.3) is 0 Å². The van der Waals surface area contributed by atoms with Crippen molar-refractivity contribution < 1.29 is 4.79 Å². The SMILES string of the molecule is CC(C)C(=O)NCCc1ccc(N2CCCCCC2)cc1. The Hall–Kier alpha value is -1.51. The van der Waals surface area contributed by atoms with Crippen LogP contribution in [0.5, 0.6) is 0 Å². The number of nitrogens with one attached hydrogen (secondary N) is 1. The van der Waals surface area contributed by atoms with Crippen molar-refractivity contribution in [3.05, 3.63) is 29.8 Å². The van der Waals surface area contributed by atoms with Gasteiger partial charge in [-0.25, -0.2) is 0 Å². The molecule has 3 heteroatoms. The second kappa shape index (κ2) is 8.06. The molecule has 1 aromatic carbocycles. The van der Waals surface area contributed by atoms with Crippen molar-refractivity contribution in [1.82, 2.24) is 5.32 Å². The second-order valence-corrected chi connectivity index (χ2v) is 6.26. The summed E-state index contributed by atoms with van der Waals surface area (Å²) in [7, 11) is 0. The van der Waals surface area contributed by atoms with Gasteiger partial charge in [-0.2, -0.15) is 0 Å². The van der Waals surface area contributed by atoms with Crippen LogP contribution in [0.4, 0.5) is 5.69 Å². The van der Waals surface area contributed by atoms with Gasteiger partial charge in [0.2, 0.25) is 5.91 Å². The van der Waals surface area contributed by atoms with E-state index >= 15 is 0 Å². The van der Waals surface area contributed by atoms with Gasteiger partial charge in [0, 0.05) is 31.2 Å². The number of nitrogens with zero attached hydrogens (tertiary/aromatic N) is 1. The predicted octanol–water partition coefficient (Wildman–Crippen LogP) is 3.38. The highest BCUT2D eigenvalue weighted by Gasteiger charge is 2.09. The van der Waals surface area contributed by atoms with Crippen LogP contribution < -0.4 is 10.2 Å². The first-order chi connectivity index (χ1) is 10.2. The molecule has 3 nitrogen and oxygen atoms in total. The van der Waals surface area contributed by atoms with Gasteiger partial charge >= 0.3 is 0 Å². The monoisotopic (exact) mass is 288 g/mol. The van der Waals surface area contributed by atoms with Crippen LogP contribution in [0.2, 0.25) is 0 Å². The van der Waals surface area contributed by atoms with E-state index in [4.69, 9.17) is 0 Å². The second-order valence-electron chi connectivity index (χ2n) is 6.26. The summed E-state index contributed by atoms with van der Waals surface area (Å²) in [6, 6.07) is 8.85. The summed E-state index contributed by atoms with van der Waals surface area (Å²) in [6.45, 7) is 6.93. The maximum atomic E-state index is 11.5. The van der Waals surface area contributed by atoms with Crippen molar-refractivity contribution in [3.8, 4) is 0 Å². The van der Waals surface area contributed by atoms with E-state index in [0.29, 0.717) is 0 Å². The average Bonchev–Trinajstić information content (AvgIpc) is 2.77. The van der Waals surface area contributed by atoms with Crippen LogP contribution in [-0.2, 0) is 11.2 Å². The molecule has 0 bridgehead atoms. The molecule has 0 atom stereocenters. The number of anilines is 1. The lowest BCUT2D eigenvalue weighted by Gasteiger charge is -2.22. The number of benzene rings is 1. The molecular formula is C18H28N2O. The van der Waals surface area contributed by atoms with Gasteiger partial charge in [-0.15, -0.1) is 0 Å². The molecule has 2 rings (SSSR count). The molecule has 0 aromatic heterocycles. The molecule has 1 aliphatic heterocycles. The summed E-state index contributed by atoms with van der Waals surface area (Å²) in [5.41, 5.74) is 2.63. The molecule has 1 amide bonds. The highest BCUT2D eigenvalue weighted by atomic mass is 16.1. The zero-order valence-corrected chi connectivity index (χ0v) is 13.4. The molecule has 0 radical (unpaired) electrons. The number of rotatable bonds is 5. The third-order valence-corrected chi connectivity index (χ3v) is 4.14. The maximum absolute atomic E-state index is 11.5. The van der Waals surface area contributed by atoms with Crippen LogP contribution in [0.1, 0.15) is 45.1 Å². The van der Waals surface area contributed by atoms with E-state index in [9.17, 15) is 4.79 Å². The molecule has 1 aliphatic rings. The smallest absolute Gasteiger partial charge is 0.222 e. The zero-order valence-electron chi connectivity index (χ0n) is 13.4. The minimum atomic E-state index is 0.0652. The van der Waals surface area contributed by atoms with E-state index in [2.05, 4.69) is 34.5 Å². The molecule has 1 N–H and O–H groups in total. The molecule has 1 heterocycles. The Kier molecular flexibility index (Phi) is 6.09. The maximum Gasteiger partial charge on any atom is 0.222 e. The largest absolute Gasteiger partial charge is 0.372 e. The Morgan fingerprint density at radius 1 is 1.10 bits per heavy atom. The normalized spacial score (nSPS) is 15.9. The summed E-state index contributed by atoms with van der Waals surface area (Å²) in [6.07, 6.45) is 6.25. The third kappa shape index (κ3) is 5.07. The standard InChI is InChI=1S/C18H28N2O/c1-15(2)18(21)19-12-11-16-7-9-17(10-8-16)20-13-5-3-4-6-14-20/h7-10,15H,3-6,11-14H2,1-2H3,(H,19,21). The quantitative estimate of drug-likeness (QED) is 0.901. The van der Waals surface area contributed by atoms with Crippen LogP contribution in [0.3, 0.4) is 0 Å². The topological polar surface area (TPSA) is 32.3 Å². The fourth-order valence-electron chi connectivity index (χ4n) is 2.74. The number of hydrogen-bond donors (Lipinski definition) is 1. The first-order valence-electron chi connectivity index (χ1n) is 8.28. The zero-order chi connectivity index (χ0) is 15.1. The molecule has 21 heavy (non-hydrogen) atoms. The lowest BCUT2D eigenvalue weighted by molar-refractivity contribution is -0.123. The van der Waals surface area contributed by atoms with E-state index in [1.54, 1.807) is 0 Å². The molecule has 1 aromatic rings. The van der Waals surface area contributed by atoms with Crippen molar-refractivity contribution in [2.45, 2.75) is 46.0 Å². The van der Waals surface area contributed by atoms with Crippen LogP contribution >= 0.6 is 0 Å². The molecule has 0 spiro atoms. The van der Waals surface area contributed by atoms with Crippen molar-refractivity contribution >= 4 is 11.6 Å². The summed E-state index contributed by atoms with van der Waals surface area (Å²) < 4.78 is 0. The molecule has 0 aliphatic carbocycles. The van der Waals surface area contributed by atoms with E-state index in [-0.39, 0.29) is 11.8 Å². The first kappa shape index (κ1) is 15.9. The Balaban J connectivity index is 1.82. The van der Waals surface area contributed by atoms with Crippen molar-refractivity contribution in [2.24, 2.45) is 5.92 Å². The van der Waals surface area contributed by atoms with Crippen LogP contribution in [0, 0.1) is 5.92 Å². The summed E-state index contributed by atoms with van der Waals surface area (Å²) >= 11 is 0. The predicted molar refractivity (Wildman–Crippen MR) is 88.7 cm³/mol. The lowest BCUT2D eigenvalue weighted by atomic mass is 10.1.